The standard InChI is InChI=1S/C23H18N4O/c28-23-19(17-3-1-2-4-20(17)25-23)13-16-5-7-18-21(26-27-22(18)14-16)8-6-15-9-11-24-12-10-15/h1-2,4-14,17H,3H2,(H,25,28)(H,26,27)/b8-6+,19-13+. The van der Waals surface area contributed by atoms with E-state index in [1.807, 2.05) is 60.7 Å². The molecule has 5 nitrogen and oxygen atoms in total. The molecule has 1 saturated heterocycles. The van der Waals surface area contributed by atoms with E-state index in [0.717, 1.165) is 45.4 Å². The van der Waals surface area contributed by atoms with Crippen LogP contribution >= 0.6 is 0 Å². The van der Waals surface area contributed by atoms with Gasteiger partial charge in [-0.1, -0.05) is 24.3 Å². The van der Waals surface area contributed by atoms with Crippen molar-refractivity contribution in [2.75, 3.05) is 0 Å². The highest BCUT2D eigenvalue weighted by molar-refractivity contribution is 6.03. The SMILES string of the molecule is O=C1NC2=CC=CCC2/C1=C\c1ccc2c(/C=C/c3ccncc3)n[nH]c2c1. The Labute approximate surface area is 162 Å². The van der Waals surface area contributed by atoms with Crippen LogP contribution in [0.15, 0.2) is 72.2 Å². The third kappa shape index (κ3) is 2.97. The maximum atomic E-state index is 12.4. The van der Waals surface area contributed by atoms with E-state index < -0.39 is 0 Å². The Balaban J connectivity index is 1.45. The lowest BCUT2D eigenvalue weighted by atomic mass is 9.91. The number of carbonyl (C=O) groups excluding carboxylic acids is 1. The number of amides is 1. The molecule has 0 radical (unpaired) electrons. The van der Waals surface area contributed by atoms with Gasteiger partial charge in [0.15, 0.2) is 0 Å². The Hall–Kier alpha value is -3.73. The average molecular weight is 366 g/mol. The average Bonchev–Trinajstić information content (AvgIpc) is 3.28. The van der Waals surface area contributed by atoms with Gasteiger partial charge < -0.3 is 5.32 Å². The van der Waals surface area contributed by atoms with Gasteiger partial charge in [-0.15, -0.1) is 0 Å². The van der Waals surface area contributed by atoms with Crippen molar-refractivity contribution < 1.29 is 4.79 Å². The second-order valence-electron chi connectivity index (χ2n) is 6.92. The minimum atomic E-state index is -0.00868. The van der Waals surface area contributed by atoms with Crippen LogP contribution in [0.5, 0.6) is 0 Å². The fourth-order valence-electron chi connectivity index (χ4n) is 3.68. The summed E-state index contributed by atoms with van der Waals surface area (Å²) >= 11 is 0. The molecule has 3 heterocycles. The molecule has 1 fully saturated rings. The van der Waals surface area contributed by atoms with Crippen LogP contribution in [0.25, 0.3) is 29.1 Å². The number of H-pyrrole nitrogens is 1. The maximum Gasteiger partial charge on any atom is 0.252 e. The van der Waals surface area contributed by atoms with Crippen LogP contribution in [-0.4, -0.2) is 21.1 Å². The Bertz CT molecular complexity index is 1180. The second kappa shape index (κ2) is 6.78. The van der Waals surface area contributed by atoms with Crippen LogP contribution in [0.4, 0.5) is 0 Å². The number of hydrogen-bond acceptors (Lipinski definition) is 3. The molecule has 1 aliphatic carbocycles. The number of fused-ring (bicyclic) bond motifs is 2. The highest BCUT2D eigenvalue weighted by Gasteiger charge is 2.32. The molecule has 1 atom stereocenters. The molecule has 5 heteroatoms. The number of hydrogen-bond donors (Lipinski definition) is 2. The number of aromatic amines is 1. The van der Waals surface area contributed by atoms with E-state index in [1.54, 1.807) is 12.4 Å². The summed E-state index contributed by atoms with van der Waals surface area (Å²) in [6.07, 6.45) is 16.4. The van der Waals surface area contributed by atoms with Gasteiger partial charge in [0.25, 0.3) is 5.91 Å². The third-order valence-electron chi connectivity index (χ3n) is 5.13. The Kier molecular flexibility index (Phi) is 3.98. The number of nitrogens with one attached hydrogen (secondary N) is 2. The quantitative estimate of drug-likeness (QED) is 0.686. The maximum absolute atomic E-state index is 12.4. The number of rotatable bonds is 3. The molecule has 28 heavy (non-hydrogen) atoms. The molecule has 5 rings (SSSR count). The van der Waals surface area contributed by atoms with Gasteiger partial charge in [-0.25, -0.2) is 0 Å². The summed E-state index contributed by atoms with van der Waals surface area (Å²) in [4.78, 5) is 16.4. The van der Waals surface area contributed by atoms with Gasteiger partial charge >= 0.3 is 0 Å². The Morgan fingerprint density at radius 1 is 1.07 bits per heavy atom. The minimum absolute atomic E-state index is 0.00868. The van der Waals surface area contributed by atoms with E-state index in [1.165, 1.54) is 0 Å². The molecule has 2 N–H and O–H groups in total. The normalized spacial score (nSPS) is 20.0. The van der Waals surface area contributed by atoms with Crippen LogP contribution < -0.4 is 5.32 Å². The molecule has 136 valence electrons. The van der Waals surface area contributed by atoms with Gasteiger partial charge in [0.1, 0.15) is 0 Å². The van der Waals surface area contributed by atoms with Crippen molar-refractivity contribution >= 4 is 35.0 Å². The van der Waals surface area contributed by atoms with Gasteiger partial charge in [0, 0.05) is 35.0 Å². The molecule has 2 aliphatic rings. The molecule has 1 unspecified atom stereocenters. The van der Waals surface area contributed by atoms with Crippen LogP contribution in [-0.2, 0) is 4.79 Å². The van der Waals surface area contributed by atoms with Crippen molar-refractivity contribution in [2.24, 2.45) is 5.92 Å². The molecule has 0 bridgehead atoms. The minimum Gasteiger partial charge on any atom is -0.325 e. The summed E-state index contributed by atoms with van der Waals surface area (Å²) in [5.74, 6) is 0.124. The first-order valence-electron chi connectivity index (χ1n) is 9.24. The van der Waals surface area contributed by atoms with Crippen molar-refractivity contribution in [3.8, 4) is 0 Å². The molecule has 1 amide bonds. The number of nitrogens with zero attached hydrogens (tertiary/aromatic N) is 2. The van der Waals surface area contributed by atoms with Gasteiger partial charge in [-0.05, 0) is 60.0 Å². The summed E-state index contributed by atoms with van der Waals surface area (Å²) in [6, 6.07) is 10.0. The van der Waals surface area contributed by atoms with E-state index >= 15 is 0 Å². The highest BCUT2D eigenvalue weighted by Crippen LogP contribution is 2.33. The van der Waals surface area contributed by atoms with Crippen molar-refractivity contribution in [2.45, 2.75) is 6.42 Å². The number of aromatic nitrogens is 3. The number of pyridine rings is 1. The first-order valence-corrected chi connectivity index (χ1v) is 9.24. The van der Waals surface area contributed by atoms with Gasteiger partial charge in [-0.3, -0.25) is 14.9 Å². The Morgan fingerprint density at radius 3 is 2.86 bits per heavy atom. The zero-order valence-electron chi connectivity index (χ0n) is 15.1. The predicted molar refractivity (Wildman–Crippen MR) is 111 cm³/mol. The smallest absolute Gasteiger partial charge is 0.252 e. The molecular weight excluding hydrogens is 348 g/mol. The van der Waals surface area contributed by atoms with Gasteiger partial charge in [0.2, 0.25) is 0 Å². The van der Waals surface area contributed by atoms with E-state index in [-0.39, 0.29) is 11.8 Å². The second-order valence-corrected chi connectivity index (χ2v) is 6.92. The zero-order valence-corrected chi connectivity index (χ0v) is 15.1. The first kappa shape index (κ1) is 16.4. The summed E-state index contributed by atoms with van der Waals surface area (Å²) in [5.41, 5.74) is 5.69. The fraction of sp³-hybridized carbons (Fsp3) is 0.0870. The van der Waals surface area contributed by atoms with Crippen LogP contribution in [0.1, 0.15) is 23.2 Å². The van der Waals surface area contributed by atoms with Crippen molar-refractivity contribution in [3.63, 3.8) is 0 Å². The Morgan fingerprint density at radius 2 is 1.96 bits per heavy atom. The molecule has 0 saturated carbocycles. The van der Waals surface area contributed by atoms with E-state index in [2.05, 4.69) is 26.6 Å². The first-order chi connectivity index (χ1) is 13.8. The molecular formula is C23H18N4O. The number of benzene rings is 1. The highest BCUT2D eigenvalue weighted by atomic mass is 16.2. The molecule has 3 aromatic rings. The summed E-state index contributed by atoms with van der Waals surface area (Å²) in [6.45, 7) is 0. The van der Waals surface area contributed by atoms with Crippen molar-refractivity contribution in [3.05, 3.63) is 89.0 Å². The largest absolute Gasteiger partial charge is 0.325 e. The van der Waals surface area contributed by atoms with E-state index in [0.29, 0.717) is 0 Å². The molecule has 1 aromatic carbocycles. The lowest BCUT2D eigenvalue weighted by Crippen LogP contribution is -2.13. The summed E-state index contributed by atoms with van der Waals surface area (Å²) < 4.78 is 0. The van der Waals surface area contributed by atoms with Gasteiger partial charge in [0.05, 0.1) is 11.2 Å². The fourth-order valence-corrected chi connectivity index (χ4v) is 3.68. The predicted octanol–water partition coefficient (Wildman–Crippen LogP) is 4.10. The monoisotopic (exact) mass is 366 g/mol. The topological polar surface area (TPSA) is 70.7 Å². The van der Waals surface area contributed by atoms with Crippen LogP contribution in [0.2, 0.25) is 0 Å². The zero-order chi connectivity index (χ0) is 18.9. The van der Waals surface area contributed by atoms with Crippen molar-refractivity contribution in [1.82, 2.24) is 20.5 Å². The summed E-state index contributed by atoms with van der Waals surface area (Å²) in [7, 11) is 0. The van der Waals surface area contributed by atoms with Crippen molar-refractivity contribution in [1.29, 1.82) is 0 Å². The molecule has 1 aliphatic heterocycles. The van der Waals surface area contributed by atoms with Crippen LogP contribution in [0, 0.1) is 5.92 Å². The lowest BCUT2D eigenvalue weighted by Gasteiger charge is -2.11. The lowest BCUT2D eigenvalue weighted by molar-refractivity contribution is -0.115. The van der Waals surface area contributed by atoms with E-state index in [4.69, 9.17) is 0 Å². The third-order valence-corrected chi connectivity index (χ3v) is 5.13. The van der Waals surface area contributed by atoms with E-state index in [9.17, 15) is 4.79 Å². The van der Waals surface area contributed by atoms with Gasteiger partial charge in [-0.2, -0.15) is 5.10 Å². The molecule has 0 spiro atoms. The number of carbonyl (C=O) groups is 1. The molecule has 2 aromatic heterocycles. The van der Waals surface area contributed by atoms with Crippen LogP contribution in [0.3, 0.4) is 0 Å². The summed E-state index contributed by atoms with van der Waals surface area (Å²) in [5, 5.41) is 11.5. The number of allylic oxidation sites excluding steroid dienone is 4.